The summed E-state index contributed by atoms with van der Waals surface area (Å²) in [6.07, 6.45) is 3.01. The lowest BCUT2D eigenvalue weighted by atomic mass is 9.87. The summed E-state index contributed by atoms with van der Waals surface area (Å²) < 4.78 is 11.0. The highest BCUT2D eigenvalue weighted by Gasteiger charge is 2.29. The Kier molecular flexibility index (Phi) is 6.96. The molecule has 1 heterocycles. The van der Waals surface area contributed by atoms with Crippen LogP contribution in [-0.2, 0) is 14.0 Å². The van der Waals surface area contributed by atoms with Crippen molar-refractivity contribution >= 4 is 21.1 Å². The summed E-state index contributed by atoms with van der Waals surface area (Å²) in [6, 6.07) is 5.78. The van der Waals surface area contributed by atoms with Gasteiger partial charge in [-0.25, -0.2) is 4.79 Å². The van der Waals surface area contributed by atoms with Crippen molar-refractivity contribution in [1.82, 2.24) is 4.98 Å². The second-order valence-electron chi connectivity index (χ2n) is 6.34. The number of hydrogen-bond donors (Lipinski definition) is 0. The minimum atomic E-state index is -0.840. The first kappa shape index (κ1) is 18.6. The summed E-state index contributed by atoms with van der Waals surface area (Å²) in [5.41, 5.74) is 1.58. The van der Waals surface area contributed by atoms with Gasteiger partial charge in [0.1, 0.15) is 0 Å². The molecule has 22 heavy (non-hydrogen) atoms. The molecular weight excluding hydrogens is 294 g/mol. The molecule has 4 nitrogen and oxygen atoms in total. The molecule has 0 aliphatic carbocycles. The van der Waals surface area contributed by atoms with Gasteiger partial charge in [-0.2, -0.15) is 0 Å². The molecule has 1 aromatic heterocycles. The molecule has 5 heteroatoms. The first-order chi connectivity index (χ1) is 10.2. The second-order valence-corrected chi connectivity index (χ2v) is 8.40. The van der Waals surface area contributed by atoms with Crippen LogP contribution in [0.2, 0.25) is 13.1 Å². The molecule has 1 radical (unpaired) electrons. The molecule has 121 valence electrons. The average Bonchev–Trinajstić information content (AvgIpc) is 2.42. The van der Waals surface area contributed by atoms with Crippen molar-refractivity contribution in [1.29, 1.82) is 0 Å². The molecule has 0 spiro atoms. The number of ether oxygens (including phenoxy) is 1. The van der Waals surface area contributed by atoms with E-state index in [0.717, 1.165) is 11.4 Å². The average molecular weight is 320 g/mol. The SMILES string of the molecule is CCOC(=O)C=Cc1cccc(C(O[Si](C)C)C(C)(C)C)n1. The molecule has 0 aliphatic rings. The summed E-state index contributed by atoms with van der Waals surface area (Å²) in [4.78, 5) is 16.0. The van der Waals surface area contributed by atoms with Crippen LogP contribution >= 0.6 is 0 Å². The monoisotopic (exact) mass is 320 g/mol. The number of nitrogens with zero attached hydrogens (tertiary/aromatic N) is 1. The molecule has 0 saturated carbocycles. The highest BCUT2D eigenvalue weighted by molar-refractivity contribution is 6.48. The normalized spacial score (nSPS) is 13.6. The van der Waals surface area contributed by atoms with E-state index in [4.69, 9.17) is 9.16 Å². The van der Waals surface area contributed by atoms with Gasteiger partial charge in [0.2, 0.25) is 9.04 Å². The van der Waals surface area contributed by atoms with Crippen molar-refractivity contribution in [2.45, 2.75) is 46.9 Å². The lowest BCUT2D eigenvalue weighted by molar-refractivity contribution is -0.137. The van der Waals surface area contributed by atoms with Gasteiger partial charge in [0.05, 0.1) is 24.1 Å². The third-order valence-corrected chi connectivity index (χ3v) is 3.58. The Bertz CT molecular complexity index is 521. The van der Waals surface area contributed by atoms with Crippen LogP contribution in [0.15, 0.2) is 24.3 Å². The van der Waals surface area contributed by atoms with Gasteiger partial charge in [-0.15, -0.1) is 0 Å². The van der Waals surface area contributed by atoms with Gasteiger partial charge in [-0.3, -0.25) is 4.98 Å². The van der Waals surface area contributed by atoms with Crippen molar-refractivity contribution in [3.63, 3.8) is 0 Å². The van der Waals surface area contributed by atoms with Gasteiger partial charge in [-0.05, 0) is 43.6 Å². The lowest BCUT2D eigenvalue weighted by Crippen LogP contribution is -2.26. The number of aromatic nitrogens is 1. The molecule has 0 fully saturated rings. The van der Waals surface area contributed by atoms with Crippen LogP contribution in [0.3, 0.4) is 0 Å². The first-order valence-corrected chi connectivity index (χ1v) is 9.93. The number of carbonyl (C=O) groups is 1. The van der Waals surface area contributed by atoms with Gasteiger partial charge >= 0.3 is 5.97 Å². The van der Waals surface area contributed by atoms with E-state index in [9.17, 15) is 4.79 Å². The Morgan fingerprint density at radius 3 is 2.59 bits per heavy atom. The fraction of sp³-hybridized carbons (Fsp3) is 0.529. The minimum absolute atomic E-state index is 0.0432. The zero-order chi connectivity index (χ0) is 16.8. The van der Waals surface area contributed by atoms with Crippen LogP contribution in [0, 0.1) is 5.41 Å². The molecule has 0 N–H and O–H groups in total. The molecule has 1 unspecified atom stereocenters. The van der Waals surface area contributed by atoms with E-state index in [-0.39, 0.29) is 17.5 Å². The lowest BCUT2D eigenvalue weighted by Gasteiger charge is -2.32. The maximum atomic E-state index is 11.4. The van der Waals surface area contributed by atoms with Gasteiger partial charge in [0.25, 0.3) is 0 Å². The summed E-state index contributed by atoms with van der Waals surface area (Å²) >= 11 is 0. The number of hydrogen-bond acceptors (Lipinski definition) is 4. The second kappa shape index (κ2) is 8.24. The quantitative estimate of drug-likeness (QED) is 0.451. The van der Waals surface area contributed by atoms with E-state index < -0.39 is 9.04 Å². The van der Waals surface area contributed by atoms with E-state index in [0.29, 0.717) is 6.61 Å². The predicted molar refractivity (Wildman–Crippen MR) is 90.7 cm³/mol. The number of carbonyl (C=O) groups excluding carboxylic acids is 1. The maximum Gasteiger partial charge on any atom is 0.330 e. The fourth-order valence-electron chi connectivity index (χ4n) is 1.97. The van der Waals surface area contributed by atoms with Crippen molar-refractivity contribution in [2.75, 3.05) is 6.61 Å². The summed E-state index contributed by atoms with van der Waals surface area (Å²) in [6.45, 7) is 12.8. The molecule has 1 aromatic rings. The topological polar surface area (TPSA) is 48.4 Å². The minimum Gasteiger partial charge on any atom is -0.463 e. The van der Waals surface area contributed by atoms with E-state index in [2.05, 4.69) is 38.8 Å². The Morgan fingerprint density at radius 1 is 1.36 bits per heavy atom. The summed E-state index contributed by atoms with van der Waals surface area (Å²) in [7, 11) is -0.840. The summed E-state index contributed by atoms with van der Waals surface area (Å²) in [5.74, 6) is -0.356. The van der Waals surface area contributed by atoms with Crippen molar-refractivity contribution < 1.29 is 14.0 Å². The molecule has 1 atom stereocenters. The molecule has 0 amide bonds. The standard InChI is InChI=1S/C17H26NO3Si/c1-7-20-15(19)12-11-13-9-8-10-14(18-13)16(17(2,3)4)21-22(5)6/h8-12,16H,7H2,1-6H3. The van der Waals surface area contributed by atoms with Crippen LogP contribution in [-0.4, -0.2) is 26.6 Å². The summed E-state index contributed by atoms with van der Waals surface area (Å²) in [5, 5.41) is 0. The Morgan fingerprint density at radius 2 is 2.05 bits per heavy atom. The van der Waals surface area contributed by atoms with Crippen LogP contribution in [0.1, 0.15) is 45.2 Å². The number of esters is 1. The number of rotatable bonds is 6. The highest BCUT2D eigenvalue weighted by atomic mass is 28.3. The zero-order valence-electron chi connectivity index (χ0n) is 14.3. The first-order valence-electron chi connectivity index (χ1n) is 7.52. The maximum absolute atomic E-state index is 11.4. The van der Waals surface area contributed by atoms with Crippen LogP contribution in [0.5, 0.6) is 0 Å². The molecule has 0 bridgehead atoms. The van der Waals surface area contributed by atoms with Gasteiger partial charge in [0.15, 0.2) is 0 Å². The van der Waals surface area contributed by atoms with Gasteiger partial charge in [0, 0.05) is 6.08 Å². The molecule has 0 aromatic carbocycles. The smallest absolute Gasteiger partial charge is 0.330 e. The van der Waals surface area contributed by atoms with Gasteiger partial charge in [-0.1, -0.05) is 26.8 Å². The number of pyridine rings is 1. The van der Waals surface area contributed by atoms with E-state index >= 15 is 0 Å². The van der Waals surface area contributed by atoms with Crippen molar-refractivity contribution in [3.05, 3.63) is 35.7 Å². The van der Waals surface area contributed by atoms with Gasteiger partial charge < -0.3 is 9.16 Å². The largest absolute Gasteiger partial charge is 0.463 e. The van der Waals surface area contributed by atoms with Crippen LogP contribution < -0.4 is 0 Å². The molecule has 0 aliphatic heterocycles. The predicted octanol–water partition coefficient (Wildman–Crippen LogP) is 4.01. The third kappa shape index (κ3) is 6.11. The fourth-order valence-corrected chi connectivity index (χ4v) is 2.91. The molecular formula is C17H26NO3Si. The highest BCUT2D eigenvalue weighted by Crippen LogP contribution is 2.35. The Hall–Kier alpha value is -1.46. The van der Waals surface area contributed by atoms with E-state index in [1.54, 1.807) is 13.0 Å². The van der Waals surface area contributed by atoms with Crippen LogP contribution in [0.4, 0.5) is 0 Å². The van der Waals surface area contributed by atoms with Crippen molar-refractivity contribution in [3.8, 4) is 0 Å². The van der Waals surface area contributed by atoms with Crippen LogP contribution in [0.25, 0.3) is 6.08 Å². The third-order valence-electron chi connectivity index (χ3n) is 2.88. The Balaban J connectivity index is 3.00. The van der Waals surface area contributed by atoms with Crippen molar-refractivity contribution in [2.24, 2.45) is 5.41 Å². The zero-order valence-corrected chi connectivity index (χ0v) is 15.3. The molecule has 1 rings (SSSR count). The van der Waals surface area contributed by atoms with E-state index in [1.165, 1.54) is 6.08 Å². The van der Waals surface area contributed by atoms with E-state index in [1.807, 2.05) is 18.2 Å². The molecule has 0 saturated heterocycles. The Labute approximate surface area is 135 Å².